The summed E-state index contributed by atoms with van der Waals surface area (Å²) in [6.07, 6.45) is 0.100. The number of anilines is 1. The second-order valence-corrected chi connectivity index (χ2v) is 10.6. The highest BCUT2D eigenvalue weighted by molar-refractivity contribution is 7.17. The molecule has 2 heterocycles. The molecular weight excluding hydrogens is 512 g/mol. The van der Waals surface area contributed by atoms with Gasteiger partial charge in [-0.25, -0.2) is 0 Å². The molecule has 3 rings (SSSR count). The Bertz CT molecular complexity index is 1120. The number of hydrogen-bond acceptors (Lipinski definition) is 8. The molecule has 0 radical (unpaired) electrons. The second kappa shape index (κ2) is 13.9. The van der Waals surface area contributed by atoms with Crippen molar-refractivity contribution in [2.24, 2.45) is 21.7 Å². The predicted octanol–water partition coefficient (Wildman–Crippen LogP) is 3.22. The van der Waals surface area contributed by atoms with Crippen molar-refractivity contribution >= 4 is 45.4 Å². The molecule has 5 N–H and O–H groups in total. The number of rotatable bonds is 12. The molecule has 0 bridgehead atoms. The molecule has 2 aromatic rings. The smallest absolute Gasteiger partial charge is 0.222 e. The number of thiophene rings is 1. The van der Waals surface area contributed by atoms with E-state index in [0.717, 1.165) is 27.4 Å². The molecule has 1 aliphatic rings. The van der Waals surface area contributed by atoms with Crippen LogP contribution in [0.3, 0.4) is 0 Å². The molecular formula is C26H37ClN6O3S. The predicted molar refractivity (Wildman–Crippen MR) is 152 cm³/mol. The molecule has 0 fully saturated rings. The van der Waals surface area contributed by atoms with Gasteiger partial charge in [-0.05, 0) is 45.4 Å². The average Bonchev–Trinajstić information content (AvgIpc) is 3.07. The lowest BCUT2D eigenvalue weighted by Gasteiger charge is -2.30. The Morgan fingerprint density at radius 1 is 1.19 bits per heavy atom. The number of halogens is 1. The first kappa shape index (κ1) is 29.1. The topological polar surface area (TPSA) is 128 Å². The summed E-state index contributed by atoms with van der Waals surface area (Å²) in [5.41, 5.74) is 9.29. The van der Waals surface area contributed by atoms with Crippen molar-refractivity contribution in [2.75, 3.05) is 44.4 Å². The van der Waals surface area contributed by atoms with Gasteiger partial charge in [-0.15, -0.1) is 11.3 Å². The number of benzene rings is 1. The lowest BCUT2D eigenvalue weighted by atomic mass is 9.99. The standard InChI is InChI=1S/C26H37ClN6O3S/c1-16(2)33-25(32-29)21(15-22(34)30-10-12-36-14-13-35-11-9-28)31-24(19-5-7-20(27)8-6-19)23-17(3)18(4)37-26(23)33/h5-8,16,21H,9-15,28-29H2,1-4H3,(H,30,34)/b32-25-/t21-/m0/s1. The number of ether oxygens (including phenoxy) is 2. The molecule has 0 unspecified atom stereocenters. The Morgan fingerprint density at radius 3 is 2.49 bits per heavy atom. The minimum atomic E-state index is -0.567. The van der Waals surface area contributed by atoms with E-state index in [4.69, 9.17) is 37.6 Å². The molecule has 202 valence electrons. The summed E-state index contributed by atoms with van der Waals surface area (Å²) in [6, 6.07) is 7.08. The van der Waals surface area contributed by atoms with Crippen molar-refractivity contribution in [3.05, 3.63) is 50.9 Å². The van der Waals surface area contributed by atoms with E-state index in [2.05, 4.69) is 43.0 Å². The number of carbonyl (C=O) groups is 1. The van der Waals surface area contributed by atoms with Gasteiger partial charge >= 0.3 is 0 Å². The molecule has 9 nitrogen and oxygen atoms in total. The van der Waals surface area contributed by atoms with Gasteiger partial charge in [0, 0.05) is 40.2 Å². The highest BCUT2D eigenvalue weighted by Crippen LogP contribution is 2.41. The van der Waals surface area contributed by atoms with Crippen LogP contribution in [0.5, 0.6) is 0 Å². The summed E-state index contributed by atoms with van der Waals surface area (Å²) >= 11 is 7.85. The average molecular weight is 549 g/mol. The second-order valence-electron chi connectivity index (χ2n) is 8.98. The number of hydrazone groups is 1. The van der Waals surface area contributed by atoms with Crippen molar-refractivity contribution in [3.63, 3.8) is 0 Å². The number of nitrogens with two attached hydrogens (primary N) is 2. The lowest BCUT2D eigenvalue weighted by Crippen LogP contribution is -2.45. The minimum absolute atomic E-state index is 0.0544. The van der Waals surface area contributed by atoms with Crippen LogP contribution in [0.2, 0.25) is 5.02 Å². The summed E-state index contributed by atoms with van der Waals surface area (Å²) in [6.45, 7) is 11.0. The minimum Gasteiger partial charge on any atom is -0.378 e. The molecule has 1 aliphatic heterocycles. The molecule has 11 heteroatoms. The lowest BCUT2D eigenvalue weighted by molar-refractivity contribution is -0.121. The summed E-state index contributed by atoms with van der Waals surface area (Å²) < 4.78 is 10.8. The first-order valence-electron chi connectivity index (χ1n) is 12.4. The normalized spacial score (nSPS) is 16.6. The third-order valence-electron chi connectivity index (χ3n) is 6.00. The van der Waals surface area contributed by atoms with E-state index in [0.29, 0.717) is 50.4 Å². The van der Waals surface area contributed by atoms with Crippen molar-refractivity contribution < 1.29 is 14.3 Å². The zero-order valence-corrected chi connectivity index (χ0v) is 23.5. The van der Waals surface area contributed by atoms with Crippen LogP contribution in [0.1, 0.15) is 41.8 Å². The number of aryl methyl sites for hydroxylation is 1. The highest BCUT2D eigenvalue weighted by Gasteiger charge is 2.35. The molecule has 0 aliphatic carbocycles. The van der Waals surface area contributed by atoms with Crippen LogP contribution in [-0.4, -0.2) is 69.1 Å². The third-order valence-corrected chi connectivity index (χ3v) is 7.46. The number of amides is 1. The fourth-order valence-electron chi connectivity index (χ4n) is 4.13. The van der Waals surface area contributed by atoms with Crippen molar-refractivity contribution in [3.8, 4) is 0 Å². The number of fused-ring (bicyclic) bond motifs is 1. The number of carbonyl (C=O) groups excluding carboxylic acids is 1. The van der Waals surface area contributed by atoms with Crippen LogP contribution >= 0.6 is 22.9 Å². The van der Waals surface area contributed by atoms with Gasteiger partial charge in [-0.1, -0.05) is 23.7 Å². The number of amidine groups is 1. The molecule has 1 aromatic carbocycles. The Labute approximate surface area is 227 Å². The number of nitrogens with one attached hydrogen (secondary N) is 1. The zero-order chi connectivity index (χ0) is 26.9. The maximum absolute atomic E-state index is 13.0. The molecule has 0 saturated heterocycles. The van der Waals surface area contributed by atoms with E-state index in [1.807, 2.05) is 24.3 Å². The first-order valence-corrected chi connectivity index (χ1v) is 13.6. The van der Waals surface area contributed by atoms with E-state index in [-0.39, 0.29) is 18.4 Å². The molecule has 1 atom stereocenters. The van der Waals surface area contributed by atoms with Crippen molar-refractivity contribution in [2.45, 2.75) is 46.2 Å². The van der Waals surface area contributed by atoms with E-state index in [1.165, 1.54) is 4.88 Å². The highest BCUT2D eigenvalue weighted by atomic mass is 35.5. The van der Waals surface area contributed by atoms with Gasteiger partial charge in [0.05, 0.1) is 38.6 Å². The molecule has 1 aromatic heterocycles. The maximum Gasteiger partial charge on any atom is 0.222 e. The quantitative estimate of drug-likeness (QED) is 0.212. The van der Waals surface area contributed by atoms with Gasteiger partial charge in [0.25, 0.3) is 0 Å². The van der Waals surface area contributed by atoms with Gasteiger partial charge < -0.3 is 31.3 Å². The number of nitrogens with zero attached hydrogens (tertiary/aromatic N) is 3. The number of hydrogen-bond donors (Lipinski definition) is 3. The first-order chi connectivity index (χ1) is 17.8. The van der Waals surface area contributed by atoms with E-state index in [9.17, 15) is 4.79 Å². The largest absolute Gasteiger partial charge is 0.378 e. The Morgan fingerprint density at radius 2 is 1.86 bits per heavy atom. The van der Waals surface area contributed by atoms with E-state index in [1.54, 1.807) is 11.3 Å². The number of aliphatic imine (C=N–C) groups is 1. The molecule has 1 amide bonds. The third kappa shape index (κ3) is 7.30. The summed E-state index contributed by atoms with van der Waals surface area (Å²) in [7, 11) is 0. The molecule has 0 spiro atoms. The van der Waals surface area contributed by atoms with Crippen LogP contribution in [0.4, 0.5) is 5.00 Å². The van der Waals surface area contributed by atoms with Crippen LogP contribution in [0.25, 0.3) is 0 Å². The van der Waals surface area contributed by atoms with Gasteiger partial charge in [0.2, 0.25) is 5.91 Å². The van der Waals surface area contributed by atoms with Crippen molar-refractivity contribution in [1.29, 1.82) is 0 Å². The SMILES string of the molecule is Cc1sc2c(c1C)C(c1ccc(Cl)cc1)=N[C@@H](CC(=O)NCCOCCOCCN)/C(=N/N)N2C(C)C. The van der Waals surface area contributed by atoms with Crippen LogP contribution in [-0.2, 0) is 14.3 Å². The zero-order valence-electron chi connectivity index (χ0n) is 21.9. The van der Waals surface area contributed by atoms with Gasteiger partial charge in [0.15, 0.2) is 5.84 Å². The Hall–Kier alpha value is -2.50. The van der Waals surface area contributed by atoms with Gasteiger partial charge in [-0.2, -0.15) is 5.10 Å². The summed E-state index contributed by atoms with van der Waals surface area (Å²) in [5, 5.41) is 8.75. The Balaban J connectivity index is 1.86. The maximum atomic E-state index is 13.0. The van der Waals surface area contributed by atoms with Crippen LogP contribution in [0, 0.1) is 13.8 Å². The monoisotopic (exact) mass is 548 g/mol. The fraction of sp³-hybridized carbons (Fsp3) is 0.500. The fourth-order valence-corrected chi connectivity index (χ4v) is 5.55. The van der Waals surface area contributed by atoms with Gasteiger partial charge in [0.1, 0.15) is 11.0 Å². The Kier molecular flexibility index (Phi) is 10.9. The molecule has 37 heavy (non-hydrogen) atoms. The molecule has 0 saturated carbocycles. The van der Waals surface area contributed by atoms with Gasteiger partial charge in [-0.3, -0.25) is 9.79 Å². The van der Waals surface area contributed by atoms with Crippen molar-refractivity contribution in [1.82, 2.24) is 5.32 Å². The van der Waals surface area contributed by atoms with E-state index < -0.39 is 6.04 Å². The summed E-state index contributed by atoms with van der Waals surface area (Å²) in [4.78, 5) is 21.4. The van der Waals surface area contributed by atoms with Crippen LogP contribution in [0.15, 0.2) is 34.4 Å². The van der Waals surface area contributed by atoms with E-state index >= 15 is 0 Å². The van der Waals surface area contributed by atoms with Crippen LogP contribution < -0.4 is 21.8 Å². The summed E-state index contributed by atoms with van der Waals surface area (Å²) in [5.74, 6) is 6.36.